The van der Waals surface area contributed by atoms with Crippen LogP contribution in [-0.4, -0.2) is 22.6 Å². The zero-order valence-corrected chi connectivity index (χ0v) is 14.6. The quantitative estimate of drug-likeness (QED) is 0.473. The van der Waals surface area contributed by atoms with Gasteiger partial charge in [0, 0.05) is 5.69 Å². The molecule has 0 radical (unpaired) electrons. The zero-order valence-electron chi connectivity index (χ0n) is 14.6. The van der Waals surface area contributed by atoms with Crippen molar-refractivity contribution in [2.75, 3.05) is 6.61 Å². The van der Waals surface area contributed by atoms with Crippen molar-refractivity contribution in [3.05, 3.63) is 47.5 Å². The maximum atomic E-state index is 9.52. The summed E-state index contributed by atoms with van der Waals surface area (Å²) in [6.07, 6.45) is 7.88. The van der Waals surface area contributed by atoms with E-state index in [4.69, 9.17) is 9.15 Å². The average molecular weight is 343 g/mol. The molecule has 25 heavy (non-hydrogen) atoms. The SMILES string of the molecule is Cc1ccc(C(=NCc2ccco2)NO)c(OCC2CCCCC2)n1. The third kappa shape index (κ3) is 4.82. The van der Waals surface area contributed by atoms with Crippen LogP contribution in [0.3, 0.4) is 0 Å². The highest BCUT2D eigenvalue weighted by atomic mass is 16.5. The van der Waals surface area contributed by atoms with Crippen LogP contribution in [-0.2, 0) is 6.54 Å². The first-order valence-electron chi connectivity index (χ1n) is 8.84. The van der Waals surface area contributed by atoms with Gasteiger partial charge in [0.1, 0.15) is 5.76 Å². The van der Waals surface area contributed by atoms with Crippen molar-refractivity contribution < 1.29 is 14.4 Å². The topological polar surface area (TPSA) is 79.9 Å². The fourth-order valence-corrected chi connectivity index (χ4v) is 3.11. The largest absolute Gasteiger partial charge is 0.477 e. The Labute approximate surface area is 147 Å². The number of ether oxygens (including phenoxy) is 1. The lowest BCUT2D eigenvalue weighted by Gasteiger charge is -2.22. The number of aliphatic imine (C=N–C) groups is 1. The summed E-state index contributed by atoms with van der Waals surface area (Å²) in [5.74, 6) is 2.12. The minimum absolute atomic E-state index is 0.322. The number of aryl methyl sites for hydroxylation is 1. The van der Waals surface area contributed by atoms with Gasteiger partial charge >= 0.3 is 0 Å². The van der Waals surface area contributed by atoms with Crippen LogP contribution in [0.1, 0.15) is 49.1 Å². The molecule has 3 rings (SSSR count). The van der Waals surface area contributed by atoms with Crippen LogP contribution in [0.15, 0.2) is 39.9 Å². The Kier molecular flexibility index (Phi) is 6.06. The van der Waals surface area contributed by atoms with Gasteiger partial charge in [-0.15, -0.1) is 0 Å². The lowest BCUT2D eigenvalue weighted by molar-refractivity contribution is 0.201. The summed E-state index contributed by atoms with van der Waals surface area (Å²) < 4.78 is 11.3. The van der Waals surface area contributed by atoms with Crippen molar-refractivity contribution in [1.82, 2.24) is 10.5 Å². The van der Waals surface area contributed by atoms with Crippen LogP contribution in [0.5, 0.6) is 5.88 Å². The second kappa shape index (κ2) is 8.67. The molecule has 2 aromatic rings. The molecule has 6 heteroatoms. The second-order valence-electron chi connectivity index (χ2n) is 6.48. The molecule has 2 heterocycles. The predicted octanol–water partition coefficient (Wildman–Crippen LogP) is 3.87. The Morgan fingerprint density at radius 3 is 2.88 bits per heavy atom. The molecule has 134 valence electrons. The van der Waals surface area contributed by atoms with Crippen LogP contribution >= 0.6 is 0 Å². The summed E-state index contributed by atoms with van der Waals surface area (Å²) in [5.41, 5.74) is 3.68. The van der Waals surface area contributed by atoms with Crippen molar-refractivity contribution in [3.63, 3.8) is 0 Å². The normalized spacial score (nSPS) is 16.0. The first kappa shape index (κ1) is 17.5. The third-order valence-corrected chi connectivity index (χ3v) is 4.51. The maximum Gasteiger partial charge on any atom is 0.224 e. The van der Waals surface area contributed by atoms with Crippen molar-refractivity contribution in [2.24, 2.45) is 10.9 Å². The van der Waals surface area contributed by atoms with Crippen molar-refractivity contribution in [2.45, 2.75) is 45.6 Å². The Balaban J connectivity index is 1.75. The van der Waals surface area contributed by atoms with Crippen LogP contribution < -0.4 is 10.2 Å². The number of nitrogens with one attached hydrogen (secondary N) is 1. The Hall–Kier alpha value is -2.34. The molecule has 0 unspecified atom stereocenters. The monoisotopic (exact) mass is 343 g/mol. The summed E-state index contributed by atoms with van der Waals surface area (Å²) in [6, 6.07) is 7.39. The fraction of sp³-hybridized carbons (Fsp3) is 0.474. The van der Waals surface area contributed by atoms with Gasteiger partial charge in [-0.25, -0.2) is 4.98 Å². The first-order chi connectivity index (χ1) is 12.3. The number of hydrogen-bond donors (Lipinski definition) is 2. The molecular formula is C19H25N3O3. The van der Waals surface area contributed by atoms with Crippen molar-refractivity contribution in [1.29, 1.82) is 0 Å². The molecule has 0 aliphatic heterocycles. The first-order valence-corrected chi connectivity index (χ1v) is 8.84. The number of aromatic nitrogens is 1. The summed E-state index contributed by atoms with van der Waals surface area (Å²) in [5, 5.41) is 9.52. The van der Waals surface area contributed by atoms with E-state index < -0.39 is 0 Å². The molecule has 0 saturated heterocycles. The lowest BCUT2D eigenvalue weighted by atomic mass is 9.90. The van der Waals surface area contributed by atoms with Crippen LogP contribution in [0.4, 0.5) is 0 Å². The smallest absolute Gasteiger partial charge is 0.224 e. The van der Waals surface area contributed by atoms with Crippen molar-refractivity contribution >= 4 is 5.84 Å². The van der Waals surface area contributed by atoms with Crippen molar-refractivity contribution in [3.8, 4) is 5.88 Å². The number of hydroxylamine groups is 1. The molecule has 1 aliphatic rings. The van der Waals surface area contributed by atoms with Crippen LogP contribution in [0.2, 0.25) is 0 Å². The van der Waals surface area contributed by atoms with Gasteiger partial charge in [-0.05, 0) is 49.9 Å². The van der Waals surface area contributed by atoms with Gasteiger partial charge in [-0.3, -0.25) is 15.7 Å². The summed E-state index contributed by atoms with van der Waals surface area (Å²) in [7, 11) is 0. The van der Waals surface area contributed by atoms with E-state index in [1.165, 1.54) is 32.1 Å². The van der Waals surface area contributed by atoms with E-state index >= 15 is 0 Å². The average Bonchev–Trinajstić information content (AvgIpc) is 3.16. The summed E-state index contributed by atoms with van der Waals surface area (Å²) in [4.78, 5) is 8.88. The van der Waals surface area contributed by atoms with Gasteiger partial charge < -0.3 is 9.15 Å². The Bertz CT molecular complexity index is 692. The molecular weight excluding hydrogens is 318 g/mol. The van der Waals surface area contributed by atoms with Gasteiger partial charge in [0.2, 0.25) is 5.88 Å². The van der Waals surface area contributed by atoms with E-state index in [1.54, 1.807) is 6.26 Å². The van der Waals surface area contributed by atoms with E-state index in [-0.39, 0.29) is 0 Å². The molecule has 2 N–H and O–H groups in total. The number of rotatable bonds is 6. The number of amidine groups is 1. The van der Waals surface area contributed by atoms with Gasteiger partial charge in [0.05, 0.1) is 25.0 Å². The highest BCUT2D eigenvalue weighted by Gasteiger charge is 2.17. The molecule has 1 saturated carbocycles. The van der Waals surface area contributed by atoms with Gasteiger partial charge in [-0.2, -0.15) is 0 Å². The second-order valence-corrected chi connectivity index (χ2v) is 6.48. The van der Waals surface area contributed by atoms with E-state index in [0.717, 1.165) is 11.5 Å². The standard InChI is InChI=1S/C19H25N3O3/c1-14-9-10-17(18(22-23)20-12-16-8-5-11-24-16)19(21-14)25-13-15-6-3-2-4-7-15/h5,8-11,15,23H,2-4,6-7,12-13H2,1H3,(H,20,22). The van der Waals surface area contributed by atoms with Gasteiger partial charge in [0.15, 0.2) is 5.84 Å². The number of nitrogens with zero attached hydrogens (tertiary/aromatic N) is 2. The highest BCUT2D eigenvalue weighted by molar-refractivity contribution is 5.99. The van der Waals surface area contributed by atoms with Crippen LogP contribution in [0.25, 0.3) is 0 Å². The molecule has 1 fully saturated rings. The number of hydrogen-bond acceptors (Lipinski definition) is 5. The number of furan rings is 1. The molecule has 2 aromatic heterocycles. The Morgan fingerprint density at radius 1 is 1.32 bits per heavy atom. The Morgan fingerprint density at radius 2 is 2.16 bits per heavy atom. The minimum atomic E-state index is 0.322. The van der Waals surface area contributed by atoms with Gasteiger partial charge in [-0.1, -0.05) is 19.3 Å². The minimum Gasteiger partial charge on any atom is -0.477 e. The third-order valence-electron chi connectivity index (χ3n) is 4.51. The molecule has 6 nitrogen and oxygen atoms in total. The molecule has 0 atom stereocenters. The summed E-state index contributed by atoms with van der Waals surface area (Å²) in [6.45, 7) is 2.90. The maximum absolute atomic E-state index is 9.52. The van der Waals surface area contributed by atoms with E-state index in [0.29, 0.717) is 36.3 Å². The molecule has 0 aromatic carbocycles. The van der Waals surface area contributed by atoms with E-state index in [2.05, 4.69) is 15.5 Å². The number of pyridine rings is 1. The van der Waals surface area contributed by atoms with Crippen LogP contribution in [0, 0.1) is 12.8 Å². The predicted molar refractivity (Wildman–Crippen MR) is 94.9 cm³/mol. The van der Waals surface area contributed by atoms with E-state index in [9.17, 15) is 5.21 Å². The highest BCUT2D eigenvalue weighted by Crippen LogP contribution is 2.25. The van der Waals surface area contributed by atoms with Gasteiger partial charge in [0.25, 0.3) is 0 Å². The van der Waals surface area contributed by atoms with E-state index in [1.807, 2.05) is 31.2 Å². The zero-order chi connectivity index (χ0) is 17.5. The lowest BCUT2D eigenvalue weighted by Crippen LogP contribution is -2.23. The molecule has 0 spiro atoms. The fourth-order valence-electron chi connectivity index (χ4n) is 3.11. The summed E-state index contributed by atoms with van der Waals surface area (Å²) >= 11 is 0. The molecule has 0 amide bonds. The molecule has 0 bridgehead atoms. The molecule has 1 aliphatic carbocycles.